The van der Waals surface area contributed by atoms with E-state index in [4.69, 9.17) is 5.11 Å². The second kappa shape index (κ2) is 5.00. The fourth-order valence-corrected chi connectivity index (χ4v) is 2.76. The molecule has 0 saturated carbocycles. The number of aliphatic carboxylic acids is 1. The Hall–Kier alpha value is -1.16. The monoisotopic (exact) mass is 254 g/mol. The lowest BCUT2D eigenvalue weighted by Crippen LogP contribution is -2.37. The molecule has 0 aromatic heterocycles. The summed E-state index contributed by atoms with van der Waals surface area (Å²) in [5.74, 6) is -0.736. The van der Waals surface area contributed by atoms with Crippen LogP contribution in [0.15, 0.2) is 18.2 Å². The summed E-state index contributed by atoms with van der Waals surface area (Å²) < 4.78 is 10.9. The van der Waals surface area contributed by atoms with Crippen LogP contribution in [-0.4, -0.2) is 20.0 Å². The zero-order valence-electron chi connectivity index (χ0n) is 10.6. The first-order valence-corrected chi connectivity index (χ1v) is 6.75. The maximum Gasteiger partial charge on any atom is 0.321 e. The molecule has 0 spiro atoms. The number of rotatable bonds is 4. The maximum atomic E-state index is 12.1. The molecule has 0 bridgehead atoms. The van der Waals surface area contributed by atoms with Gasteiger partial charge in [-0.15, -0.1) is 0 Å². The van der Waals surface area contributed by atoms with E-state index in [9.17, 15) is 9.00 Å². The van der Waals surface area contributed by atoms with Crippen molar-refractivity contribution in [3.63, 3.8) is 0 Å². The standard InChI is InChI=1S/C13H18O3S/c1-9-6-5-7-10(2)11(9)8-17(16)13(3,4)12(14)15/h5-7H,8H2,1-4H3,(H,14,15). The summed E-state index contributed by atoms with van der Waals surface area (Å²) in [4.78, 5) is 11.0. The maximum absolute atomic E-state index is 12.1. The van der Waals surface area contributed by atoms with Gasteiger partial charge in [-0.25, -0.2) is 0 Å². The summed E-state index contributed by atoms with van der Waals surface area (Å²) in [6.07, 6.45) is 0. The van der Waals surface area contributed by atoms with Crippen LogP contribution in [0.4, 0.5) is 0 Å². The molecule has 0 saturated heterocycles. The van der Waals surface area contributed by atoms with Crippen LogP contribution in [0.3, 0.4) is 0 Å². The molecule has 0 aliphatic rings. The predicted molar refractivity (Wildman–Crippen MR) is 69.5 cm³/mol. The summed E-state index contributed by atoms with van der Waals surface area (Å²) in [5, 5.41) is 9.04. The fourth-order valence-electron chi connectivity index (χ4n) is 1.49. The number of carboxylic acid groups (broad SMARTS) is 1. The highest BCUT2D eigenvalue weighted by Gasteiger charge is 2.34. The molecular formula is C13H18O3S. The number of hydrogen-bond acceptors (Lipinski definition) is 2. The van der Waals surface area contributed by atoms with Crippen LogP contribution >= 0.6 is 0 Å². The first-order chi connectivity index (χ1) is 7.76. The van der Waals surface area contributed by atoms with Gasteiger partial charge in [0.15, 0.2) is 0 Å². The molecule has 94 valence electrons. The first-order valence-electron chi connectivity index (χ1n) is 5.43. The Morgan fingerprint density at radius 2 is 1.76 bits per heavy atom. The number of aryl methyl sites for hydroxylation is 2. The zero-order valence-corrected chi connectivity index (χ0v) is 11.4. The Labute approximate surface area is 104 Å². The van der Waals surface area contributed by atoms with E-state index < -0.39 is 21.5 Å². The van der Waals surface area contributed by atoms with Crippen LogP contribution < -0.4 is 0 Å². The van der Waals surface area contributed by atoms with Crippen LogP contribution in [0.1, 0.15) is 30.5 Å². The third-order valence-corrected chi connectivity index (χ3v) is 4.87. The summed E-state index contributed by atoms with van der Waals surface area (Å²) in [6.45, 7) is 6.90. The third kappa shape index (κ3) is 2.94. The van der Waals surface area contributed by atoms with Gasteiger partial charge in [0.25, 0.3) is 0 Å². The minimum absolute atomic E-state index is 0.289. The molecule has 0 heterocycles. The van der Waals surface area contributed by atoms with Crippen molar-refractivity contribution < 1.29 is 14.1 Å². The van der Waals surface area contributed by atoms with E-state index in [1.54, 1.807) is 0 Å². The number of carbonyl (C=O) groups is 1. The van der Waals surface area contributed by atoms with E-state index in [-0.39, 0.29) is 5.75 Å². The van der Waals surface area contributed by atoms with Gasteiger partial charge in [0.2, 0.25) is 0 Å². The van der Waals surface area contributed by atoms with Crippen molar-refractivity contribution in [2.75, 3.05) is 0 Å². The van der Waals surface area contributed by atoms with Gasteiger partial charge in [-0.1, -0.05) is 18.2 Å². The van der Waals surface area contributed by atoms with Crippen molar-refractivity contribution >= 4 is 16.8 Å². The van der Waals surface area contributed by atoms with Gasteiger partial charge >= 0.3 is 5.97 Å². The highest BCUT2D eigenvalue weighted by Crippen LogP contribution is 2.21. The smallest absolute Gasteiger partial charge is 0.321 e. The Morgan fingerprint density at radius 1 is 1.29 bits per heavy atom. The minimum atomic E-state index is -1.43. The van der Waals surface area contributed by atoms with E-state index in [1.807, 2.05) is 32.0 Å². The quantitative estimate of drug-likeness (QED) is 0.897. The third-order valence-electron chi connectivity index (χ3n) is 3.00. The van der Waals surface area contributed by atoms with Crippen LogP contribution in [-0.2, 0) is 21.3 Å². The van der Waals surface area contributed by atoms with Crippen LogP contribution in [0.2, 0.25) is 0 Å². The molecule has 0 amide bonds. The summed E-state index contributed by atoms with van der Waals surface area (Å²) in [7, 11) is -1.43. The first kappa shape index (κ1) is 13.9. The normalized spacial score (nSPS) is 13.4. The summed E-state index contributed by atoms with van der Waals surface area (Å²) in [6, 6.07) is 5.85. The largest absolute Gasteiger partial charge is 0.480 e. The topological polar surface area (TPSA) is 54.4 Å². The Kier molecular flexibility index (Phi) is 4.09. The molecular weight excluding hydrogens is 236 g/mol. The average molecular weight is 254 g/mol. The minimum Gasteiger partial charge on any atom is -0.480 e. The second-order valence-electron chi connectivity index (χ2n) is 4.68. The Balaban J connectivity index is 3.00. The van der Waals surface area contributed by atoms with Gasteiger partial charge in [-0.2, -0.15) is 0 Å². The molecule has 0 radical (unpaired) electrons. The van der Waals surface area contributed by atoms with Gasteiger partial charge in [-0.05, 0) is 44.4 Å². The second-order valence-corrected chi connectivity index (χ2v) is 6.68. The number of benzene rings is 1. The van der Waals surface area contributed by atoms with Crippen molar-refractivity contribution in [1.82, 2.24) is 0 Å². The van der Waals surface area contributed by atoms with Crippen molar-refractivity contribution in [3.05, 3.63) is 34.9 Å². The lowest BCUT2D eigenvalue weighted by atomic mass is 10.1. The molecule has 1 rings (SSSR count). The molecule has 0 aliphatic heterocycles. The van der Waals surface area contributed by atoms with Gasteiger partial charge in [0.05, 0.1) is 5.75 Å². The van der Waals surface area contributed by atoms with E-state index in [0.29, 0.717) is 0 Å². The van der Waals surface area contributed by atoms with Crippen molar-refractivity contribution in [2.45, 2.75) is 38.2 Å². The molecule has 1 aromatic rings. The van der Waals surface area contributed by atoms with E-state index in [0.717, 1.165) is 16.7 Å². The van der Waals surface area contributed by atoms with Gasteiger partial charge in [0.1, 0.15) is 4.75 Å². The summed E-state index contributed by atoms with van der Waals surface area (Å²) in [5.41, 5.74) is 3.10. The SMILES string of the molecule is Cc1cccc(C)c1CS(=O)C(C)(C)C(=O)O. The van der Waals surface area contributed by atoms with Crippen molar-refractivity contribution in [1.29, 1.82) is 0 Å². The van der Waals surface area contributed by atoms with Crippen molar-refractivity contribution in [2.24, 2.45) is 0 Å². The van der Waals surface area contributed by atoms with E-state index in [1.165, 1.54) is 13.8 Å². The molecule has 3 nitrogen and oxygen atoms in total. The van der Waals surface area contributed by atoms with Gasteiger partial charge in [0, 0.05) is 10.8 Å². The molecule has 1 atom stereocenters. The van der Waals surface area contributed by atoms with Gasteiger partial charge < -0.3 is 5.11 Å². The Morgan fingerprint density at radius 3 is 2.18 bits per heavy atom. The molecule has 1 N–H and O–H groups in total. The average Bonchev–Trinajstić information content (AvgIpc) is 2.23. The van der Waals surface area contributed by atoms with E-state index in [2.05, 4.69) is 0 Å². The summed E-state index contributed by atoms with van der Waals surface area (Å²) >= 11 is 0. The highest BCUT2D eigenvalue weighted by atomic mass is 32.2. The van der Waals surface area contributed by atoms with Crippen LogP contribution in [0, 0.1) is 13.8 Å². The number of carboxylic acids is 1. The Bertz CT molecular complexity index is 443. The molecule has 0 fully saturated rings. The van der Waals surface area contributed by atoms with E-state index >= 15 is 0 Å². The van der Waals surface area contributed by atoms with Crippen LogP contribution in [0.25, 0.3) is 0 Å². The lowest BCUT2D eigenvalue weighted by molar-refractivity contribution is -0.139. The predicted octanol–water partition coefficient (Wildman–Crippen LogP) is 2.42. The fraction of sp³-hybridized carbons (Fsp3) is 0.462. The van der Waals surface area contributed by atoms with Gasteiger partial charge in [-0.3, -0.25) is 9.00 Å². The molecule has 4 heteroatoms. The zero-order chi connectivity index (χ0) is 13.2. The van der Waals surface area contributed by atoms with Crippen molar-refractivity contribution in [3.8, 4) is 0 Å². The molecule has 17 heavy (non-hydrogen) atoms. The molecule has 1 unspecified atom stereocenters. The lowest BCUT2D eigenvalue weighted by Gasteiger charge is -2.20. The molecule has 0 aliphatic carbocycles. The highest BCUT2D eigenvalue weighted by molar-refractivity contribution is 7.86. The molecule has 1 aromatic carbocycles. The van der Waals surface area contributed by atoms with Crippen LogP contribution in [0.5, 0.6) is 0 Å². The number of hydrogen-bond donors (Lipinski definition) is 1.